The van der Waals surface area contributed by atoms with Gasteiger partial charge in [-0.1, -0.05) is 18.2 Å². The molecule has 0 atom stereocenters. The van der Waals surface area contributed by atoms with Crippen molar-refractivity contribution in [3.05, 3.63) is 66.9 Å². The van der Waals surface area contributed by atoms with Crippen LogP contribution < -0.4 is 14.8 Å². The van der Waals surface area contributed by atoms with Gasteiger partial charge in [0.15, 0.2) is 0 Å². The molecule has 0 spiro atoms. The van der Waals surface area contributed by atoms with E-state index in [1.54, 1.807) is 14.2 Å². The van der Waals surface area contributed by atoms with Crippen molar-refractivity contribution in [2.45, 2.75) is 0 Å². The molecule has 0 radical (unpaired) electrons. The largest absolute Gasteiger partial charge is 0.497 e. The van der Waals surface area contributed by atoms with Crippen LogP contribution in [-0.2, 0) is 7.05 Å². The first-order chi connectivity index (χ1) is 13.2. The highest BCUT2D eigenvalue weighted by molar-refractivity contribution is 5.96. The van der Waals surface area contributed by atoms with Gasteiger partial charge in [-0.3, -0.25) is 0 Å². The zero-order valence-corrected chi connectivity index (χ0v) is 15.6. The van der Waals surface area contributed by atoms with Gasteiger partial charge in [-0.15, -0.1) is 0 Å². The quantitative estimate of drug-likeness (QED) is 0.545. The Hall–Kier alpha value is -3.47. The summed E-state index contributed by atoms with van der Waals surface area (Å²) in [6.45, 7) is 0. The maximum atomic E-state index is 5.37. The van der Waals surface area contributed by atoms with Crippen molar-refractivity contribution in [3.8, 4) is 22.8 Å². The highest BCUT2D eigenvalue weighted by Crippen LogP contribution is 2.33. The van der Waals surface area contributed by atoms with Crippen molar-refractivity contribution in [1.82, 2.24) is 9.55 Å². The number of aryl methyl sites for hydroxylation is 1. The summed E-state index contributed by atoms with van der Waals surface area (Å²) in [6.07, 6.45) is 1.82. The number of nitrogens with zero attached hydrogens (tertiary/aromatic N) is 2. The van der Waals surface area contributed by atoms with E-state index in [1.807, 2.05) is 54.7 Å². The highest BCUT2D eigenvalue weighted by atomic mass is 16.5. The summed E-state index contributed by atoms with van der Waals surface area (Å²) in [7, 11) is 5.41. The summed E-state index contributed by atoms with van der Waals surface area (Å²) < 4.78 is 12.8. The molecule has 2 aromatic heterocycles. The van der Waals surface area contributed by atoms with Crippen LogP contribution >= 0.6 is 0 Å². The maximum Gasteiger partial charge on any atom is 0.139 e. The summed E-state index contributed by atoms with van der Waals surface area (Å²) in [4.78, 5) is 4.55. The lowest BCUT2D eigenvalue weighted by Crippen LogP contribution is -1.95. The zero-order chi connectivity index (χ0) is 18.8. The van der Waals surface area contributed by atoms with Crippen LogP contribution in [0.15, 0.2) is 66.9 Å². The third-order valence-electron chi connectivity index (χ3n) is 4.67. The molecular formula is C22H21N3O2. The van der Waals surface area contributed by atoms with Gasteiger partial charge in [-0.25, -0.2) is 4.98 Å². The van der Waals surface area contributed by atoms with Crippen LogP contribution in [0.2, 0.25) is 0 Å². The maximum absolute atomic E-state index is 5.37. The first-order valence-corrected chi connectivity index (χ1v) is 8.69. The molecule has 0 aliphatic rings. The Morgan fingerprint density at radius 2 is 1.63 bits per heavy atom. The van der Waals surface area contributed by atoms with E-state index in [0.717, 1.165) is 45.2 Å². The molecule has 0 amide bonds. The average Bonchev–Trinajstić information content (AvgIpc) is 3.06. The van der Waals surface area contributed by atoms with Gasteiger partial charge in [-0.05, 0) is 36.4 Å². The topological polar surface area (TPSA) is 48.3 Å². The Morgan fingerprint density at radius 1 is 0.889 bits per heavy atom. The molecule has 0 saturated heterocycles. The molecule has 136 valence electrons. The van der Waals surface area contributed by atoms with Crippen LogP contribution in [0.1, 0.15) is 0 Å². The standard InChI is InChI=1S/C22H21N3O2/c1-25-20-10-11-23-22(24-16-7-5-9-18(13-16)27-3)19(20)14-21(25)15-6-4-8-17(12-15)26-2/h4-14H,1-3H3,(H,23,24). The fraction of sp³-hybridized carbons (Fsp3) is 0.136. The first-order valence-electron chi connectivity index (χ1n) is 8.69. The van der Waals surface area contributed by atoms with Crippen molar-refractivity contribution in [1.29, 1.82) is 0 Å². The van der Waals surface area contributed by atoms with E-state index >= 15 is 0 Å². The van der Waals surface area contributed by atoms with Crippen LogP contribution in [0, 0.1) is 0 Å². The average molecular weight is 359 g/mol. The summed E-state index contributed by atoms with van der Waals surface area (Å²) in [5, 5.41) is 4.46. The zero-order valence-electron chi connectivity index (χ0n) is 15.6. The molecule has 0 bridgehead atoms. The number of nitrogens with one attached hydrogen (secondary N) is 1. The Kier molecular flexibility index (Phi) is 4.42. The molecule has 2 heterocycles. The van der Waals surface area contributed by atoms with E-state index in [9.17, 15) is 0 Å². The molecule has 0 aliphatic heterocycles. The molecule has 0 aliphatic carbocycles. The number of hydrogen-bond acceptors (Lipinski definition) is 4. The summed E-state index contributed by atoms with van der Waals surface area (Å²) in [6, 6.07) is 20.1. The summed E-state index contributed by atoms with van der Waals surface area (Å²) in [5.41, 5.74) is 4.24. The van der Waals surface area contributed by atoms with E-state index in [2.05, 4.69) is 34.0 Å². The van der Waals surface area contributed by atoms with Gasteiger partial charge in [0.05, 0.1) is 19.7 Å². The fourth-order valence-electron chi connectivity index (χ4n) is 3.26. The second-order valence-electron chi connectivity index (χ2n) is 6.27. The van der Waals surface area contributed by atoms with Crippen molar-refractivity contribution < 1.29 is 9.47 Å². The van der Waals surface area contributed by atoms with Crippen LogP contribution in [0.25, 0.3) is 22.2 Å². The van der Waals surface area contributed by atoms with Gasteiger partial charge in [0.25, 0.3) is 0 Å². The lowest BCUT2D eigenvalue weighted by Gasteiger charge is -2.08. The van der Waals surface area contributed by atoms with Crippen LogP contribution in [-0.4, -0.2) is 23.8 Å². The first kappa shape index (κ1) is 17.0. The molecule has 0 fully saturated rings. The third kappa shape index (κ3) is 3.19. The molecule has 27 heavy (non-hydrogen) atoms. The highest BCUT2D eigenvalue weighted by Gasteiger charge is 2.12. The number of anilines is 2. The molecule has 5 heteroatoms. The Labute approximate surface area is 158 Å². The van der Waals surface area contributed by atoms with Gasteiger partial charge < -0.3 is 19.4 Å². The van der Waals surface area contributed by atoms with Crippen LogP contribution in [0.3, 0.4) is 0 Å². The second-order valence-corrected chi connectivity index (χ2v) is 6.27. The van der Waals surface area contributed by atoms with Crippen molar-refractivity contribution in [2.75, 3.05) is 19.5 Å². The van der Waals surface area contributed by atoms with Gasteiger partial charge in [-0.2, -0.15) is 0 Å². The van der Waals surface area contributed by atoms with Crippen molar-refractivity contribution >= 4 is 22.4 Å². The lowest BCUT2D eigenvalue weighted by atomic mass is 10.1. The number of benzene rings is 2. The molecule has 2 aromatic carbocycles. The molecule has 4 rings (SSSR count). The Morgan fingerprint density at radius 3 is 2.41 bits per heavy atom. The summed E-state index contributed by atoms with van der Waals surface area (Å²) in [5.74, 6) is 2.45. The lowest BCUT2D eigenvalue weighted by molar-refractivity contribution is 0.415. The normalized spacial score (nSPS) is 10.8. The number of methoxy groups -OCH3 is 2. The Balaban J connectivity index is 1.79. The van der Waals surface area contributed by atoms with Gasteiger partial charge >= 0.3 is 0 Å². The molecule has 0 unspecified atom stereocenters. The minimum atomic E-state index is 0.803. The van der Waals surface area contributed by atoms with E-state index in [0.29, 0.717) is 0 Å². The molecular weight excluding hydrogens is 338 g/mol. The third-order valence-corrected chi connectivity index (χ3v) is 4.67. The number of hydrogen-bond donors (Lipinski definition) is 1. The molecule has 5 nitrogen and oxygen atoms in total. The van der Waals surface area contributed by atoms with E-state index in [-0.39, 0.29) is 0 Å². The van der Waals surface area contributed by atoms with Crippen molar-refractivity contribution in [3.63, 3.8) is 0 Å². The van der Waals surface area contributed by atoms with Gasteiger partial charge in [0.2, 0.25) is 0 Å². The van der Waals surface area contributed by atoms with E-state index in [4.69, 9.17) is 9.47 Å². The van der Waals surface area contributed by atoms with Crippen LogP contribution in [0.5, 0.6) is 11.5 Å². The van der Waals surface area contributed by atoms with Crippen LogP contribution in [0.4, 0.5) is 11.5 Å². The minimum Gasteiger partial charge on any atom is -0.497 e. The molecule has 0 saturated carbocycles. The molecule has 4 aromatic rings. The molecule has 1 N–H and O–H groups in total. The van der Waals surface area contributed by atoms with Crippen molar-refractivity contribution in [2.24, 2.45) is 7.05 Å². The fourth-order valence-corrected chi connectivity index (χ4v) is 3.26. The number of aromatic nitrogens is 2. The second kappa shape index (κ2) is 7.03. The van der Waals surface area contributed by atoms with E-state index in [1.165, 1.54) is 0 Å². The minimum absolute atomic E-state index is 0.803. The number of fused-ring (bicyclic) bond motifs is 1. The smallest absolute Gasteiger partial charge is 0.139 e. The monoisotopic (exact) mass is 359 g/mol. The number of ether oxygens (including phenoxy) is 2. The Bertz CT molecular complexity index is 1100. The predicted octanol–water partition coefficient (Wildman–Crippen LogP) is 5.00. The number of pyridine rings is 1. The van der Waals surface area contributed by atoms with Gasteiger partial charge in [0, 0.05) is 41.6 Å². The summed E-state index contributed by atoms with van der Waals surface area (Å²) >= 11 is 0. The van der Waals surface area contributed by atoms with Gasteiger partial charge in [0.1, 0.15) is 17.3 Å². The predicted molar refractivity (Wildman–Crippen MR) is 109 cm³/mol. The number of rotatable bonds is 5. The SMILES string of the molecule is COc1cccc(Nc2nccc3c2cc(-c2cccc(OC)c2)n3C)c1. The van der Waals surface area contributed by atoms with E-state index < -0.39 is 0 Å².